The molecule has 0 aliphatic heterocycles. The number of hydrogen-bond donors (Lipinski definition) is 1. The minimum absolute atomic E-state index is 0.398. The van der Waals surface area contributed by atoms with Crippen LogP contribution in [0.3, 0.4) is 0 Å². The van der Waals surface area contributed by atoms with Gasteiger partial charge in [-0.25, -0.2) is 0 Å². The molecule has 0 fully saturated rings. The van der Waals surface area contributed by atoms with E-state index in [-0.39, 0.29) is 0 Å². The van der Waals surface area contributed by atoms with Crippen LogP contribution in [0.4, 0.5) is 0 Å². The van der Waals surface area contributed by atoms with Crippen molar-refractivity contribution in [2.75, 3.05) is 11.5 Å². The highest BCUT2D eigenvalue weighted by atomic mass is 35.5. The van der Waals surface area contributed by atoms with Gasteiger partial charge in [0.1, 0.15) is 0 Å². The maximum absolute atomic E-state index is 9.79. The first-order valence-corrected chi connectivity index (χ1v) is 6.28. The number of thioether (sulfide) groups is 1. The first-order chi connectivity index (χ1) is 6.74. The first kappa shape index (κ1) is 11.9. The summed E-state index contributed by atoms with van der Waals surface area (Å²) in [5.41, 5.74) is 0.904. The summed E-state index contributed by atoms with van der Waals surface area (Å²) >= 11 is 7.60. The Morgan fingerprint density at radius 1 is 1.50 bits per heavy atom. The van der Waals surface area contributed by atoms with E-state index in [1.165, 1.54) is 0 Å². The van der Waals surface area contributed by atoms with Crippen LogP contribution < -0.4 is 0 Å². The van der Waals surface area contributed by atoms with E-state index in [0.717, 1.165) is 23.5 Å². The van der Waals surface area contributed by atoms with Crippen molar-refractivity contribution in [2.45, 2.75) is 19.4 Å². The van der Waals surface area contributed by atoms with Crippen molar-refractivity contribution < 1.29 is 5.11 Å². The highest BCUT2D eigenvalue weighted by Crippen LogP contribution is 2.21. The molecule has 0 aliphatic carbocycles. The Hall–Kier alpha value is -0.180. The SMILES string of the molecule is CCCSCC(O)c1cccc(Cl)c1. The lowest BCUT2D eigenvalue weighted by molar-refractivity contribution is 0.204. The van der Waals surface area contributed by atoms with E-state index < -0.39 is 6.10 Å². The summed E-state index contributed by atoms with van der Waals surface area (Å²) in [6, 6.07) is 7.41. The van der Waals surface area contributed by atoms with Crippen molar-refractivity contribution in [1.29, 1.82) is 0 Å². The van der Waals surface area contributed by atoms with Crippen LogP contribution in [0.5, 0.6) is 0 Å². The highest BCUT2D eigenvalue weighted by Gasteiger charge is 2.06. The van der Waals surface area contributed by atoms with E-state index in [2.05, 4.69) is 6.92 Å². The Balaban J connectivity index is 2.47. The van der Waals surface area contributed by atoms with E-state index in [1.807, 2.05) is 24.3 Å². The first-order valence-electron chi connectivity index (χ1n) is 4.75. The number of aliphatic hydroxyl groups is 1. The minimum Gasteiger partial charge on any atom is -0.388 e. The Kier molecular flexibility index (Phi) is 5.38. The molecule has 0 spiro atoms. The van der Waals surface area contributed by atoms with Gasteiger partial charge >= 0.3 is 0 Å². The molecule has 0 heterocycles. The average Bonchev–Trinajstić information content (AvgIpc) is 2.18. The summed E-state index contributed by atoms with van der Waals surface area (Å²) in [5.74, 6) is 1.84. The summed E-state index contributed by atoms with van der Waals surface area (Å²) in [4.78, 5) is 0. The molecule has 1 aromatic carbocycles. The van der Waals surface area contributed by atoms with Crippen molar-refractivity contribution in [3.8, 4) is 0 Å². The number of hydrogen-bond acceptors (Lipinski definition) is 2. The number of halogens is 1. The predicted octanol–water partition coefficient (Wildman–Crippen LogP) is 3.52. The van der Waals surface area contributed by atoms with Gasteiger partial charge in [0.15, 0.2) is 0 Å². The zero-order valence-corrected chi connectivity index (χ0v) is 9.81. The van der Waals surface area contributed by atoms with Gasteiger partial charge in [0.05, 0.1) is 6.10 Å². The molecule has 14 heavy (non-hydrogen) atoms. The lowest BCUT2D eigenvalue weighted by Crippen LogP contribution is -2.00. The molecule has 1 aromatic rings. The standard InChI is InChI=1S/C11H15ClOS/c1-2-6-14-8-11(13)9-4-3-5-10(12)7-9/h3-5,7,11,13H,2,6,8H2,1H3. The molecule has 0 saturated carbocycles. The fraction of sp³-hybridized carbons (Fsp3) is 0.455. The highest BCUT2D eigenvalue weighted by molar-refractivity contribution is 7.99. The van der Waals surface area contributed by atoms with Gasteiger partial charge < -0.3 is 5.11 Å². The molecule has 0 aromatic heterocycles. The molecule has 1 N–H and O–H groups in total. The topological polar surface area (TPSA) is 20.2 Å². The van der Waals surface area contributed by atoms with E-state index in [0.29, 0.717) is 5.02 Å². The third-order valence-electron chi connectivity index (χ3n) is 1.86. The lowest BCUT2D eigenvalue weighted by Gasteiger charge is -2.10. The molecular weight excluding hydrogens is 216 g/mol. The van der Waals surface area contributed by atoms with E-state index in [4.69, 9.17) is 11.6 Å². The number of rotatable bonds is 5. The zero-order valence-electron chi connectivity index (χ0n) is 8.24. The molecule has 1 nitrogen and oxygen atoms in total. The second-order valence-corrected chi connectivity index (χ2v) is 4.73. The summed E-state index contributed by atoms with van der Waals surface area (Å²) < 4.78 is 0. The maximum Gasteiger partial charge on any atom is 0.0880 e. The molecular formula is C11H15ClOS. The smallest absolute Gasteiger partial charge is 0.0880 e. The van der Waals surface area contributed by atoms with Gasteiger partial charge in [-0.3, -0.25) is 0 Å². The van der Waals surface area contributed by atoms with Crippen LogP contribution in [-0.4, -0.2) is 16.6 Å². The van der Waals surface area contributed by atoms with Crippen LogP contribution in [0.2, 0.25) is 5.02 Å². The third kappa shape index (κ3) is 3.91. The van der Waals surface area contributed by atoms with Crippen molar-refractivity contribution >= 4 is 23.4 Å². The van der Waals surface area contributed by atoms with Crippen LogP contribution in [0.25, 0.3) is 0 Å². The molecule has 0 saturated heterocycles. The van der Waals surface area contributed by atoms with Gasteiger partial charge in [-0.2, -0.15) is 11.8 Å². The second kappa shape index (κ2) is 6.33. The molecule has 3 heteroatoms. The Bertz CT molecular complexity index is 278. The Morgan fingerprint density at radius 2 is 2.29 bits per heavy atom. The fourth-order valence-corrected chi connectivity index (χ4v) is 2.22. The number of benzene rings is 1. The summed E-state index contributed by atoms with van der Waals surface area (Å²) in [5, 5.41) is 10.5. The second-order valence-electron chi connectivity index (χ2n) is 3.15. The molecule has 1 rings (SSSR count). The predicted molar refractivity (Wildman–Crippen MR) is 64.0 cm³/mol. The fourth-order valence-electron chi connectivity index (χ4n) is 1.15. The van der Waals surface area contributed by atoms with Crippen LogP contribution in [0, 0.1) is 0 Å². The molecule has 0 aliphatic rings. The van der Waals surface area contributed by atoms with Crippen molar-refractivity contribution in [3.05, 3.63) is 34.9 Å². The molecule has 0 radical (unpaired) electrons. The Labute approximate surface area is 94.5 Å². The minimum atomic E-state index is -0.398. The van der Waals surface area contributed by atoms with Gasteiger partial charge in [-0.15, -0.1) is 0 Å². The molecule has 0 amide bonds. The average molecular weight is 231 g/mol. The van der Waals surface area contributed by atoms with Gasteiger partial charge in [0, 0.05) is 10.8 Å². The van der Waals surface area contributed by atoms with Crippen LogP contribution in [0.1, 0.15) is 25.0 Å². The molecule has 78 valence electrons. The van der Waals surface area contributed by atoms with Crippen LogP contribution in [0.15, 0.2) is 24.3 Å². The number of aliphatic hydroxyl groups excluding tert-OH is 1. The summed E-state index contributed by atoms with van der Waals surface area (Å²) in [7, 11) is 0. The lowest BCUT2D eigenvalue weighted by atomic mass is 10.1. The van der Waals surface area contributed by atoms with E-state index in [9.17, 15) is 5.11 Å². The largest absolute Gasteiger partial charge is 0.388 e. The molecule has 1 unspecified atom stereocenters. The van der Waals surface area contributed by atoms with Crippen LogP contribution in [-0.2, 0) is 0 Å². The van der Waals surface area contributed by atoms with E-state index >= 15 is 0 Å². The van der Waals surface area contributed by atoms with Crippen LogP contribution >= 0.6 is 23.4 Å². The van der Waals surface area contributed by atoms with Gasteiger partial charge in [0.25, 0.3) is 0 Å². The van der Waals surface area contributed by atoms with E-state index in [1.54, 1.807) is 11.8 Å². The quantitative estimate of drug-likeness (QED) is 0.782. The van der Waals surface area contributed by atoms with Crippen molar-refractivity contribution in [2.24, 2.45) is 0 Å². The Morgan fingerprint density at radius 3 is 2.93 bits per heavy atom. The maximum atomic E-state index is 9.79. The molecule has 0 bridgehead atoms. The monoisotopic (exact) mass is 230 g/mol. The van der Waals surface area contributed by atoms with Gasteiger partial charge in [0.2, 0.25) is 0 Å². The van der Waals surface area contributed by atoms with Gasteiger partial charge in [-0.05, 0) is 29.9 Å². The van der Waals surface area contributed by atoms with Crippen molar-refractivity contribution in [1.82, 2.24) is 0 Å². The molecule has 1 atom stereocenters. The normalized spacial score (nSPS) is 12.8. The summed E-state index contributed by atoms with van der Waals surface area (Å²) in [6.45, 7) is 2.14. The zero-order chi connectivity index (χ0) is 10.4. The van der Waals surface area contributed by atoms with Crippen molar-refractivity contribution in [3.63, 3.8) is 0 Å². The summed E-state index contributed by atoms with van der Waals surface area (Å²) in [6.07, 6.45) is 0.748. The van der Waals surface area contributed by atoms with Gasteiger partial charge in [-0.1, -0.05) is 30.7 Å². The third-order valence-corrected chi connectivity index (χ3v) is 3.34.